The van der Waals surface area contributed by atoms with Gasteiger partial charge >= 0.3 is 88.4 Å². The van der Waals surface area contributed by atoms with Gasteiger partial charge in [0.25, 0.3) is 0 Å². The van der Waals surface area contributed by atoms with Crippen molar-refractivity contribution in [3.63, 3.8) is 0 Å². The van der Waals surface area contributed by atoms with Gasteiger partial charge in [0.2, 0.25) is 0 Å². The van der Waals surface area contributed by atoms with Gasteiger partial charge in [-0.25, -0.2) is 0 Å². The molecule has 2 fully saturated rings. The number of hydrogen-bond donors (Lipinski definition) is 0. The summed E-state index contributed by atoms with van der Waals surface area (Å²) in [7, 11) is -5.17. The van der Waals surface area contributed by atoms with Crippen molar-refractivity contribution in [1.29, 1.82) is 0 Å². The topological polar surface area (TPSA) is 470 Å². The molecule has 2 rings (SSSR count). The molecule has 2 aliphatic heterocycles. The van der Waals surface area contributed by atoms with Crippen molar-refractivity contribution in [2.75, 3.05) is 0 Å². The smallest absolute Gasteiger partial charge is 0.833 e. The molecule has 0 saturated carbocycles. The molecule has 2 aliphatic rings. The maximum Gasteiger partial charge on any atom is 1.00 e. The van der Waals surface area contributed by atoms with E-state index in [4.69, 9.17) is 0 Å². The van der Waals surface area contributed by atoms with E-state index >= 15 is 0 Å². The van der Waals surface area contributed by atoms with Crippen LogP contribution in [0.3, 0.4) is 0 Å². The van der Waals surface area contributed by atoms with Crippen molar-refractivity contribution in [1.82, 2.24) is 0 Å². The molecule has 19 nitrogen and oxygen atoms in total. The Morgan fingerprint density at radius 2 is 0.600 bits per heavy atom. The zero-order valence-electron chi connectivity index (χ0n) is 13.2. The minimum absolute atomic E-state index is 0. The van der Waals surface area contributed by atoms with Gasteiger partial charge in [-0.05, 0) is 0 Å². The van der Waals surface area contributed by atoms with Crippen LogP contribution in [0.1, 0.15) is 0 Å². The second-order valence-corrected chi connectivity index (χ2v) is 1.84. The van der Waals surface area contributed by atoms with E-state index in [9.17, 15) is 10.0 Å². The van der Waals surface area contributed by atoms with Crippen LogP contribution in [0.25, 0.3) is 0 Å². The van der Waals surface area contributed by atoms with Crippen LogP contribution in [-0.4, -0.2) is 95.0 Å². The van der Waals surface area contributed by atoms with Crippen molar-refractivity contribution in [2.24, 2.45) is 0 Å². The molecule has 0 bridgehead atoms. The summed E-state index contributed by atoms with van der Waals surface area (Å²) in [5, 5.41) is 20.2. The van der Waals surface area contributed by atoms with Gasteiger partial charge in [0.1, 0.15) is 0 Å². The normalized spacial score (nSPS) is 10.3. The van der Waals surface area contributed by atoms with Crippen LogP contribution in [0.15, 0.2) is 0 Å². The Bertz CT molecular complexity index is 136. The standard InChI is InChI=1S/B4O7.2Na.12H2O/c5-1-7-3(8-1)11-4-9-2(6)10-4;;;;;;;;;;;;;;/h;;;12*1H2/q-2;2*+1;;;;;;;;;;;;. The third-order valence-corrected chi connectivity index (χ3v) is 1.11. The predicted octanol–water partition coefficient (Wildman–Crippen LogP) is -20.1. The van der Waals surface area contributed by atoms with Crippen LogP contribution < -0.4 is 69.2 Å². The van der Waals surface area contributed by atoms with E-state index in [1.807, 2.05) is 0 Å². The molecule has 25 heavy (non-hydrogen) atoms. The fourth-order valence-corrected chi connectivity index (χ4v) is 0.602. The molecule has 0 unspecified atom stereocenters. The van der Waals surface area contributed by atoms with Crippen LogP contribution in [0, 0.1) is 0 Å². The summed E-state index contributed by atoms with van der Waals surface area (Å²) < 4.78 is 21.8. The molecular weight excluding hydrogens is 393 g/mol. The van der Waals surface area contributed by atoms with Gasteiger partial charge in [0.15, 0.2) is 0 Å². The first-order chi connectivity index (χ1) is 5.24. The molecule has 0 atom stereocenters. The first-order valence-electron chi connectivity index (χ1n) is 2.83. The molecule has 2 heterocycles. The molecule has 0 radical (unpaired) electrons. The Hall–Kier alpha value is 1.50. The van der Waals surface area contributed by atoms with E-state index in [0.717, 1.165) is 0 Å². The Kier molecular flexibility index (Phi) is 169. The fourth-order valence-electron chi connectivity index (χ4n) is 0.602. The molecule has 0 aliphatic carbocycles. The van der Waals surface area contributed by atoms with Gasteiger partial charge in [-0.1, -0.05) is 0 Å². The molecule has 25 heteroatoms. The molecule has 152 valence electrons. The van der Waals surface area contributed by atoms with Gasteiger partial charge in [0, 0.05) is 0 Å². The van der Waals surface area contributed by atoms with Crippen LogP contribution in [0.5, 0.6) is 0 Å². The van der Waals surface area contributed by atoms with Gasteiger partial charge < -0.3 is 98.6 Å². The molecular formula is H24B4Na2O19. The summed E-state index contributed by atoms with van der Waals surface area (Å²) in [5.74, 6) is 0. The molecule has 0 aromatic rings. The van der Waals surface area contributed by atoms with Crippen molar-refractivity contribution < 1.29 is 158 Å². The fraction of sp³-hybridized carbons (Fsp3) is 0. The van der Waals surface area contributed by atoms with E-state index in [1.165, 1.54) is 0 Å². The van der Waals surface area contributed by atoms with E-state index in [1.54, 1.807) is 0 Å². The molecule has 2 saturated heterocycles. The minimum atomic E-state index is -1.51. The number of rotatable bonds is 2. The zero-order chi connectivity index (χ0) is 7.84. The monoisotopic (exact) mass is 418 g/mol. The first-order valence-corrected chi connectivity index (χ1v) is 2.83. The molecule has 24 N–H and O–H groups in total. The summed E-state index contributed by atoms with van der Waals surface area (Å²) in [6.07, 6.45) is 0. The Balaban J connectivity index is -0.00000000935. The quantitative estimate of drug-likeness (QED) is 0.389. The van der Waals surface area contributed by atoms with Crippen molar-refractivity contribution in [2.45, 2.75) is 0 Å². The van der Waals surface area contributed by atoms with Gasteiger partial charge in [-0.15, -0.1) is 0 Å². The zero-order valence-corrected chi connectivity index (χ0v) is 17.2. The summed E-state index contributed by atoms with van der Waals surface area (Å²) in [5.41, 5.74) is 0. The van der Waals surface area contributed by atoms with E-state index in [0.29, 0.717) is 0 Å². The Morgan fingerprint density at radius 3 is 0.720 bits per heavy atom. The van der Waals surface area contributed by atoms with Crippen molar-refractivity contribution in [3.05, 3.63) is 0 Å². The van der Waals surface area contributed by atoms with Crippen molar-refractivity contribution in [3.8, 4) is 0 Å². The van der Waals surface area contributed by atoms with Crippen molar-refractivity contribution >= 4 is 29.3 Å². The molecule has 0 amide bonds. The minimum Gasteiger partial charge on any atom is -0.833 e. The van der Waals surface area contributed by atoms with Crippen LogP contribution >= 0.6 is 0 Å². The Labute approximate surface area is 186 Å². The Morgan fingerprint density at radius 1 is 0.440 bits per heavy atom. The van der Waals surface area contributed by atoms with Crippen LogP contribution in [0.2, 0.25) is 0 Å². The molecule has 0 aromatic carbocycles. The predicted molar refractivity (Wildman–Crippen MR) is 71.8 cm³/mol. The van der Waals surface area contributed by atoms with E-state index in [-0.39, 0.29) is 125 Å². The van der Waals surface area contributed by atoms with Gasteiger partial charge in [-0.3, -0.25) is 0 Å². The summed E-state index contributed by atoms with van der Waals surface area (Å²) in [6, 6.07) is 0. The summed E-state index contributed by atoms with van der Waals surface area (Å²) >= 11 is 0. The maximum atomic E-state index is 10.1. The molecule has 0 spiro atoms. The first kappa shape index (κ1) is 94.6. The summed E-state index contributed by atoms with van der Waals surface area (Å²) in [4.78, 5) is 0. The average Bonchev–Trinajstić information content (AvgIpc) is 1.81. The van der Waals surface area contributed by atoms with Gasteiger partial charge in [0.05, 0.1) is 0 Å². The maximum absolute atomic E-state index is 10.1. The van der Waals surface area contributed by atoms with Crippen LogP contribution in [0.4, 0.5) is 0 Å². The average molecular weight is 417 g/mol. The van der Waals surface area contributed by atoms with E-state index < -0.39 is 29.3 Å². The third-order valence-electron chi connectivity index (χ3n) is 1.11. The van der Waals surface area contributed by atoms with E-state index in [2.05, 4.69) is 22.9 Å². The molecule has 0 aromatic heterocycles. The summed E-state index contributed by atoms with van der Waals surface area (Å²) in [6.45, 7) is 0. The second-order valence-electron chi connectivity index (χ2n) is 1.84. The second kappa shape index (κ2) is 44.7. The third kappa shape index (κ3) is 30.5. The largest absolute Gasteiger partial charge is 1.00 e. The van der Waals surface area contributed by atoms with Crippen LogP contribution in [-0.2, 0) is 22.9 Å². The van der Waals surface area contributed by atoms with Gasteiger partial charge in [-0.2, -0.15) is 0 Å². The SMILES string of the molecule is O.O.O.O.O.O.O.O.O.O.O.O.[Na+].[Na+].[O-]B1OB(OB2OB([O-])O2)O1. The number of hydrogen-bond acceptors (Lipinski definition) is 7.